The average molecular weight is 282 g/mol. The van der Waals surface area contributed by atoms with Crippen molar-refractivity contribution < 1.29 is 4.74 Å². The van der Waals surface area contributed by atoms with Crippen LogP contribution in [0, 0.1) is 0 Å². The van der Waals surface area contributed by atoms with Crippen LogP contribution in [0.4, 0.5) is 11.4 Å². The van der Waals surface area contributed by atoms with Gasteiger partial charge in [0.25, 0.3) is 0 Å². The van der Waals surface area contributed by atoms with Gasteiger partial charge in [-0.15, -0.1) is 0 Å². The first-order chi connectivity index (χ1) is 10.1. The molecule has 3 nitrogen and oxygen atoms in total. The van der Waals surface area contributed by atoms with Gasteiger partial charge in [0.1, 0.15) is 12.2 Å². The Labute approximate surface area is 126 Å². The Morgan fingerprint density at radius 3 is 1.24 bits per heavy atom. The Kier molecular flexibility index (Phi) is 3.60. The second-order valence-corrected chi connectivity index (χ2v) is 5.95. The largest absolute Gasteiger partial charge is 0.378 e. The van der Waals surface area contributed by atoms with E-state index in [0.29, 0.717) is 0 Å². The van der Waals surface area contributed by atoms with E-state index < -0.39 is 0 Å². The summed E-state index contributed by atoms with van der Waals surface area (Å²) >= 11 is 0. The van der Waals surface area contributed by atoms with Crippen LogP contribution in [-0.4, -0.2) is 28.2 Å². The molecule has 0 N–H and O–H groups in total. The maximum atomic E-state index is 5.86. The highest BCUT2D eigenvalue weighted by Gasteiger charge is 2.41. The summed E-state index contributed by atoms with van der Waals surface area (Å²) in [7, 11) is 8.21. The zero-order valence-corrected chi connectivity index (χ0v) is 13.1. The fourth-order valence-electron chi connectivity index (χ4n) is 2.54. The van der Waals surface area contributed by atoms with Gasteiger partial charge in [-0.1, -0.05) is 24.3 Å². The highest BCUT2D eigenvalue weighted by Crippen LogP contribution is 2.51. The quantitative estimate of drug-likeness (QED) is 0.798. The lowest BCUT2D eigenvalue weighted by Crippen LogP contribution is -2.08. The summed E-state index contributed by atoms with van der Waals surface area (Å²) in [6.45, 7) is 0. The Bertz CT molecular complexity index is 547. The van der Waals surface area contributed by atoms with Crippen molar-refractivity contribution >= 4 is 11.4 Å². The molecular formula is C18H22N2O. The summed E-state index contributed by atoms with van der Waals surface area (Å²) in [6, 6.07) is 17.2. The van der Waals surface area contributed by atoms with Gasteiger partial charge in [-0.05, 0) is 35.4 Å². The van der Waals surface area contributed by atoms with Crippen LogP contribution in [0.15, 0.2) is 48.5 Å². The molecule has 2 aromatic carbocycles. The SMILES string of the molecule is CN(C)c1ccc(C2OC2c2ccc(N(C)C)cc2)cc1. The number of benzene rings is 2. The Morgan fingerprint density at radius 1 is 0.619 bits per heavy atom. The van der Waals surface area contributed by atoms with Gasteiger partial charge in [-0.2, -0.15) is 0 Å². The topological polar surface area (TPSA) is 19.0 Å². The lowest BCUT2D eigenvalue weighted by atomic mass is 10.0. The predicted molar refractivity (Wildman–Crippen MR) is 88.1 cm³/mol. The molecule has 1 fully saturated rings. The second kappa shape index (κ2) is 5.41. The molecule has 0 aromatic heterocycles. The van der Waals surface area contributed by atoms with Gasteiger partial charge in [0.2, 0.25) is 0 Å². The van der Waals surface area contributed by atoms with Crippen molar-refractivity contribution in [1.29, 1.82) is 0 Å². The smallest absolute Gasteiger partial charge is 0.114 e. The van der Waals surface area contributed by atoms with E-state index in [4.69, 9.17) is 4.74 Å². The second-order valence-electron chi connectivity index (χ2n) is 5.95. The Morgan fingerprint density at radius 2 is 0.952 bits per heavy atom. The number of nitrogens with zero attached hydrogens (tertiary/aromatic N) is 2. The van der Waals surface area contributed by atoms with Crippen molar-refractivity contribution in [2.45, 2.75) is 12.2 Å². The number of hydrogen-bond donors (Lipinski definition) is 0. The van der Waals surface area contributed by atoms with Crippen molar-refractivity contribution in [3.63, 3.8) is 0 Å². The molecule has 2 atom stereocenters. The van der Waals surface area contributed by atoms with Crippen LogP contribution in [0.3, 0.4) is 0 Å². The monoisotopic (exact) mass is 282 g/mol. The minimum atomic E-state index is 0.200. The molecule has 0 radical (unpaired) electrons. The van der Waals surface area contributed by atoms with E-state index in [2.05, 4.69) is 86.5 Å². The molecule has 0 amide bonds. The van der Waals surface area contributed by atoms with E-state index >= 15 is 0 Å². The zero-order valence-electron chi connectivity index (χ0n) is 13.1. The summed E-state index contributed by atoms with van der Waals surface area (Å²) in [5, 5.41) is 0. The van der Waals surface area contributed by atoms with Crippen molar-refractivity contribution in [3.05, 3.63) is 59.7 Å². The predicted octanol–water partition coefficient (Wildman–Crippen LogP) is 3.63. The standard InChI is InChI=1S/C18H22N2O/c1-19(2)15-9-5-13(6-10-15)17-18(21-17)14-7-11-16(12-8-14)20(3)4/h5-12,17-18H,1-4H3. The van der Waals surface area contributed by atoms with Gasteiger partial charge >= 0.3 is 0 Å². The first-order valence-corrected chi connectivity index (χ1v) is 7.26. The fraction of sp³-hybridized carbons (Fsp3) is 0.333. The molecule has 0 aliphatic carbocycles. The lowest BCUT2D eigenvalue weighted by molar-refractivity contribution is 0.377. The summed E-state index contributed by atoms with van der Waals surface area (Å²) in [6.07, 6.45) is 0.401. The summed E-state index contributed by atoms with van der Waals surface area (Å²) in [5.74, 6) is 0. The van der Waals surface area contributed by atoms with E-state index in [1.54, 1.807) is 0 Å². The molecule has 1 heterocycles. The van der Waals surface area contributed by atoms with Crippen LogP contribution >= 0.6 is 0 Å². The van der Waals surface area contributed by atoms with Crippen LogP contribution in [0.25, 0.3) is 0 Å². The van der Waals surface area contributed by atoms with Gasteiger partial charge in [-0.25, -0.2) is 0 Å². The summed E-state index contributed by atoms with van der Waals surface area (Å²) in [4.78, 5) is 4.21. The zero-order chi connectivity index (χ0) is 15.0. The minimum absolute atomic E-state index is 0.200. The Hall–Kier alpha value is -2.00. The first-order valence-electron chi connectivity index (χ1n) is 7.26. The molecule has 1 saturated heterocycles. The number of rotatable bonds is 4. The van der Waals surface area contributed by atoms with E-state index in [1.807, 2.05) is 0 Å². The molecule has 1 aliphatic heterocycles. The third-order valence-electron chi connectivity index (χ3n) is 3.97. The van der Waals surface area contributed by atoms with Gasteiger partial charge in [0.15, 0.2) is 0 Å². The Balaban J connectivity index is 1.70. The molecule has 3 heteroatoms. The number of anilines is 2. The van der Waals surface area contributed by atoms with Gasteiger partial charge in [0, 0.05) is 39.6 Å². The average Bonchev–Trinajstić information content (AvgIpc) is 3.28. The number of hydrogen-bond acceptors (Lipinski definition) is 3. The van der Waals surface area contributed by atoms with Crippen molar-refractivity contribution in [2.75, 3.05) is 38.0 Å². The molecule has 2 aromatic rings. The van der Waals surface area contributed by atoms with Crippen LogP contribution in [0.1, 0.15) is 23.3 Å². The molecule has 0 bridgehead atoms. The van der Waals surface area contributed by atoms with E-state index in [1.165, 1.54) is 22.5 Å². The van der Waals surface area contributed by atoms with Crippen LogP contribution in [0.2, 0.25) is 0 Å². The number of epoxide rings is 1. The molecule has 3 rings (SSSR count). The minimum Gasteiger partial charge on any atom is -0.378 e. The third kappa shape index (κ3) is 2.88. The van der Waals surface area contributed by atoms with E-state index in [0.717, 1.165) is 0 Å². The molecule has 0 saturated carbocycles. The molecule has 0 spiro atoms. The van der Waals surface area contributed by atoms with Crippen LogP contribution < -0.4 is 9.80 Å². The lowest BCUT2D eigenvalue weighted by Gasteiger charge is -2.12. The first kappa shape index (κ1) is 14.0. The summed E-state index contributed by atoms with van der Waals surface area (Å²) in [5.41, 5.74) is 4.93. The molecule has 110 valence electrons. The van der Waals surface area contributed by atoms with Gasteiger partial charge in [0.05, 0.1) is 0 Å². The molecule has 21 heavy (non-hydrogen) atoms. The van der Waals surface area contributed by atoms with E-state index in [-0.39, 0.29) is 12.2 Å². The van der Waals surface area contributed by atoms with Gasteiger partial charge in [-0.3, -0.25) is 0 Å². The fourth-order valence-corrected chi connectivity index (χ4v) is 2.54. The van der Waals surface area contributed by atoms with Gasteiger partial charge < -0.3 is 14.5 Å². The van der Waals surface area contributed by atoms with Crippen molar-refractivity contribution in [3.8, 4) is 0 Å². The maximum absolute atomic E-state index is 5.86. The summed E-state index contributed by atoms with van der Waals surface area (Å²) < 4.78 is 5.86. The highest BCUT2D eigenvalue weighted by molar-refractivity contribution is 5.49. The van der Waals surface area contributed by atoms with Crippen molar-refractivity contribution in [1.82, 2.24) is 0 Å². The molecular weight excluding hydrogens is 260 g/mol. The molecule has 1 aliphatic rings. The van der Waals surface area contributed by atoms with Crippen LogP contribution in [-0.2, 0) is 4.74 Å². The third-order valence-corrected chi connectivity index (χ3v) is 3.97. The maximum Gasteiger partial charge on any atom is 0.114 e. The highest BCUT2D eigenvalue weighted by atomic mass is 16.6. The van der Waals surface area contributed by atoms with Crippen LogP contribution in [0.5, 0.6) is 0 Å². The van der Waals surface area contributed by atoms with E-state index in [9.17, 15) is 0 Å². The van der Waals surface area contributed by atoms with Crippen molar-refractivity contribution in [2.24, 2.45) is 0 Å². The number of ether oxygens (including phenoxy) is 1. The normalized spacial score (nSPS) is 20.2. The molecule has 2 unspecified atom stereocenters.